The molecule has 1 aliphatic heterocycles. The van der Waals surface area contributed by atoms with Gasteiger partial charge in [-0.05, 0) is 37.3 Å². The second kappa shape index (κ2) is 5.65. The van der Waals surface area contributed by atoms with E-state index in [2.05, 4.69) is 5.32 Å². The zero-order valence-electron chi connectivity index (χ0n) is 9.70. The summed E-state index contributed by atoms with van der Waals surface area (Å²) in [6.45, 7) is 1.70. The van der Waals surface area contributed by atoms with Crippen LogP contribution in [0, 0.1) is 0 Å². The minimum Gasteiger partial charge on any atom is -0.325 e. The first kappa shape index (κ1) is 12.6. The Kier molecular flexibility index (Phi) is 4.18. The van der Waals surface area contributed by atoms with Gasteiger partial charge < -0.3 is 10.2 Å². The van der Waals surface area contributed by atoms with Crippen LogP contribution in [0.4, 0.5) is 10.5 Å². The highest BCUT2D eigenvalue weighted by Crippen LogP contribution is 2.28. The summed E-state index contributed by atoms with van der Waals surface area (Å²) in [6.07, 6.45) is 4.17. The fourth-order valence-electron chi connectivity index (χ4n) is 1.89. The third-order valence-electron chi connectivity index (χ3n) is 2.80. The number of carbonyl (C=O) groups excluding carboxylic acids is 1. The molecule has 0 aliphatic carbocycles. The van der Waals surface area contributed by atoms with Crippen LogP contribution in [0.3, 0.4) is 0 Å². The molecule has 0 saturated carbocycles. The van der Waals surface area contributed by atoms with Crippen molar-refractivity contribution in [3.8, 4) is 0 Å². The highest BCUT2D eigenvalue weighted by atomic mass is 35.5. The van der Waals surface area contributed by atoms with Crippen LogP contribution >= 0.6 is 23.4 Å². The maximum Gasteiger partial charge on any atom is 0.321 e. The first-order chi connectivity index (χ1) is 8.20. The molecule has 1 N–H and O–H groups in total. The summed E-state index contributed by atoms with van der Waals surface area (Å²) in [4.78, 5) is 14.8. The Morgan fingerprint density at radius 1 is 1.41 bits per heavy atom. The lowest BCUT2D eigenvalue weighted by Crippen LogP contribution is -2.32. The molecule has 5 heteroatoms. The summed E-state index contributed by atoms with van der Waals surface area (Å²) in [5.74, 6) is 0. The number of benzene rings is 1. The van der Waals surface area contributed by atoms with Crippen LogP contribution in [0.1, 0.15) is 12.8 Å². The second-order valence-corrected chi connectivity index (χ2v) is 5.25. The Bertz CT molecular complexity index is 419. The zero-order chi connectivity index (χ0) is 12.3. The van der Waals surface area contributed by atoms with Crippen molar-refractivity contribution in [3.05, 3.63) is 23.2 Å². The third-order valence-corrected chi connectivity index (χ3v) is 3.83. The van der Waals surface area contributed by atoms with Gasteiger partial charge in [0.2, 0.25) is 0 Å². The van der Waals surface area contributed by atoms with E-state index in [-0.39, 0.29) is 6.03 Å². The van der Waals surface area contributed by atoms with E-state index in [4.69, 9.17) is 11.6 Å². The average molecular weight is 271 g/mol. The molecule has 92 valence electrons. The van der Waals surface area contributed by atoms with Gasteiger partial charge in [-0.3, -0.25) is 0 Å². The molecule has 2 amide bonds. The summed E-state index contributed by atoms with van der Waals surface area (Å²) in [7, 11) is 0. The summed E-state index contributed by atoms with van der Waals surface area (Å²) < 4.78 is 0. The Morgan fingerprint density at radius 3 is 2.76 bits per heavy atom. The van der Waals surface area contributed by atoms with Gasteiger partial charge in [0.1, 0.15) is 0 Å². The minimum absolute atomic E-state index is 0.0277. The normalized spacial score (nSPS) is 15.1. The van der Waals surface area contributed by atoms with Crippen LogP contribution in [-0.4, -0.2) is 30.3 Å². The molecule has 1 aliphatic rings. The molecule has 1 fully saturated rings. The highest BCUT2D eigenvalue weighted by molar-refractivity contribution is 7.98. The number of urea groups is 1. The number of hydrogen-bond donors (Lipinski definition) is 1. The molecule has 1 aromatic carbocycles. The van der Waals surface area contributed by atoms with Gasteiger partial charge in [-0.25, -0.2) is 4.79 Å². The number of hydrogen-bond acceptors (Lipinski definition) is 2. The van der Waals surface area contributed by atoms with Gasteiger partial charge in [-0.2, -0.15) is 0 Å². The largest absolute Gasteiger partial charge is 0.325 e. The van der Waals surface area contributed by atoms with Crippen molar-refractivity contribution in [2.45, 2.75) is 17.7 Å². The Balaban J connectivity index is 2.11. The standard InChI is InChI=1S/C12H15ClN2OS/c1-17-11-5-4-9(13)8-10(11)14-12(16)15-6-2-3-7-15/h4-5,8H,2-3,6-7H2,1H3,(H,14,16). The number of thioether (sulfide) groups is 1. The maximum absolute atomic E-state index is 12.0. The fraction of sp³-hybridized carbons (Fsp3) is 0.417. The molecule has 2 rings (SSSR count). The Morgan fingerprint density at radius 2 is 2.12 bits per heavy atom. The average Bonchev–Trinajstić information content (AvgIpc) is 2.83. The van der Waals surface area contributed by atoms with Crippen LogP contribution in [0.2, 0.25) is 5.02 Å². The molecular weight excluding hydrogens is 256 g/mol. The monoisotopic (exact) mass is 270 g/mol. The van der Waals surface area contributed by atoms with E-state index in [1.165, 1.54) is 0 Å². The van der Waals surface area contributed by atoms with E-state index in [9.17, 15) is 4.79 Å². The second-order valence-electron chi connectivity index (χ2n) is 3.97. The van der Waals surface area contributed by atoms with E-state index < -0.39 is 0 Å². The predicted octanol–water partition coefficient (Wildman–Crippen LogP) is 3.69. The van der Waals surface area contributed by atoms with Crippen LogP contribution < -0.4 is 5.32 Å². The summed E-state index contributed by atoms with van der Waals surface area (Å²) in [6, 6.07) is 5.52. The number of halogens is 1. The van der Waals surface area contributed by atoms with Gasteiger partial charge in [0, 0.05) is 23.0 Å². The molecule has 1 heterocycles. The van der Waals surface area contributed by atoms with Crippen molar-refractivity contribution >= 4 is 35.1 Å². The lowest BCUT2D eigenvalue weighted by Gasteiger charge is -2.17. The predicted molar refractivity (Wildman–Crippen MR) is 73.1 cm³/mol. The van der Waals surface area contributed by atoms with Crippen molar-refractivity contribution in [3.63, 3.8) is 0 Å². The molecule has 0 bridgehead atoms. The SMILES string of the molecule is CSc1ccc(Cl)cc1NC(=O)N1CCCC1. The van der Waals surface area contributed by atoms with Gasteiger partial charge in [0.25, 0.3) is 0 Å². The summed E-state index contributed by atoms with van der Waals surface area (Å²) in [5, 5.41) is 3.56. The van der Waals surface area contributed by atoms with Gasteiger partial charge in [-0.15, -0.1) is 11.8 Å². The van der Waals surface area contributed by atoms with Gasteiger partial charge in [0.05, 0.1) is 5.69 Å². The van der Waals surface area contributed by atoms with E-state index >= 15 is 0 Å². The van der Waals surface area contributed by atoms with Crippen molar-refractivity contribution in [2.75, 3.05) is 24.7 Å². The quantitative estimate of drug-likeness (QED) is 0.832. The smallest absolute Gasteiger partial charge is 0.321 e. The first-order valence-corrected chi connectivity index (χ1v) is 7.20. The molecule has 0 unspecified atom stereocenters. The van der Waals surface area contributed by atoms with Crippen LogP contribution in [0.5, 0.6) is 0 Å². The lowest BCUT2D eigenvalue weighted by molar-refractivity contribution is 0.222. The van der Waals surface area contributed by atoms with Crippen molar-refractivity contribution < 1.29 is 4.79 Å². The van der Waals surface area contributed by atoms with Crippen molar-refractivity contribution in [2.24, 2.45) is 0 Å². The number of rotatable bonds is 2. The minimum atomic E-state index is -0.0277. The zero-order valence-corrected chi connectivity index (χ0v) is 11.3. The fourth-order valence-corrected chi connectivity index (χ4v) is 2.60. The lowest BCUT2D eigenvalue weighted by atomic mass is 10.3. The van der Waals surface area contributed by atoms with Gasteiger partial charge in [-0.1, -0.05) is 11.6 Å². The van der Waals surface area contributed by atoms with Crippen LogP contribution in [-0.2, 0) is 0 Å². The Hall–Kier alpha value is -0.870. The summed E-state index contributed by atoms with van der Waals surface area (Å²) >= 11 is 7.54. The molecule has 1 aromatic rings. The first-order valence-electron chi connectivity index (χ1n) is 5.60. The van der Waals surface area contributed by atoms with E-state index in [0.29, 0.717) is 5.02 Å². The van der Waals surface area contributed by atoms with Crippen molar-refractivity contribution in [1.82, 2.24) is 4.90 Å². The van der Waals surface area contributed by atoms with Crippen molar-refractivity contribution in [1.29, 1.82) is 0 Å². The van der Waals surface area contributed by atoms with Gasteiger partial charge in [0.15, 0.2) is 0 Å². The molecule has 0 spiro atoms. The van der Waals surface area contributed by atoms with E-state index in [1.54, 1.807) is 17.8 Å². The molecule has 17 heavy (non-hydrogen) atoms. The van der Waals surface area contributed by atoms with E-state index in [1.807, 2.05) is 23.3 Å². The number of likely N-dealkylation sites (tertiary alicyclic amines) is 1. The van der Waals surface area contributed by atoms with Crippen LogP contribution in [0.15, 0.2) is 23.1 Å². The van der Waals surface area contributed by atoms with Crippen LogP contribution in [0.25, 0.3) is 0 Å². The topological polar surface area (TPSA) is 32.3 Å². The number of nitrogens with one attached hydrogen (secondary N) is 1. The molecule has 3 nitrogen and oxygen atoms in total. The van der Waals surface area contributed by atoms with E-state index in [0.717, 1.165) is 36.5 Å². The molecule has 0 aromatic heterocycles. The van der Waals surface area contributed by atoms with Gasteiger partial charge >= 0.3 is 6.03 Å². The number of amides is 2. The molecule has 0 atom stereocenters. The molecule has 0 radical (unpaired) electrons. The third kappa shape index (κ3) is 3.07. The number of nitrogens with zero attached hydrogens (tertiary/aromatic N) is 1. The summed E-state index contributed by atoms with van der Waals surface area (Å²) in [5.41, 5.74) is 0.793. The highest BCUT2D eigenvalue weighted by Gasteiger charge is 2.18. The Labute approximate surface area is 111 Å². The molecular formula is C12H15ClN2OS. The number of anilines is 1. The number of carbonyl (C=O) groups is 1. The maximum atomic E-state index is 12.0. The molecule has 1 saturated heterocycles.